The van der Waals surface area contributed by atoms with Crippen LogP contribution in [0, 0.1) is 12.7 Å². The first kappa shape index (κ1) is 27.1. The van der Waals surface area contributed by atoms with E-state index in [4.69, 9.17) is 4.74 Å². The van der Waals surface area contributed by atoms with Crippen LogP contribution in [0.2, 0.25) is 0 Å². The molecule has 4 aromatic rings. The van der Waals surface area contributed by atoms with E-state index in [0.29, 0.717) is 16.8 Å². The van der Waals surface area contributed by atoms with E-state index in [0.717, 1.165) is 40.3 Å². The Kier molecular flexibility index (Phi) is 7.85. The summed E-state index contributed by atoms with van der Waals surface area (Å²) in [5.74, 6) is -0.908. The van der Waals surface area contributed by atoms with Gasteiger partial charge in [0.2, 0.25) is 15.2 Å². The summed E-state index contributed by atoms with van der Waals surface area (Å²) < 4.78 is 47.4. The van der Waals surface area contributed by atoms with Gasteiger partial charge in [-0.05, 0) is 67.8 Å². The molecule has 39 heavy (non-hydrogen) atoms. The Morgan fingerprint density at radius 2 is 1.90 bits per heavy atom. The fraction of sp³-hybridized carbons (Fsp3) is 0.250. The van der Waals surface area contributed by atoms with Crippen LogP contribution in [0.25, 0.3) is 10.2 Å². The van der Waals surface area contributed by atoms with Crippen molar-refractivity contribution in [1.82, 2.24) is 9.29 Å². The van der Waals surface area contributed by atoms with Crippen molar-refractivity contribution < 1.29 is 22.3 Å². The fourth-order valence-electron chi connectivity index (χ4n) is 4.19. The number of halogens is 1. The molecule has 0 N–H and O–H groups in total. The molecular formula is C28H27FN4O4S2. The first-order chi connectivity index (χ1) is 18.7. The molecule has 1 unspecified atom stereocenters. The van der Waals surface area contributed by atoms with Gasteiger partial charge in [-0.1, -0.05) is 41.2 Å². The van der Waals surface area contributed by atoms with Crippen molar-refractivity contribution in [3.8, 4) is 0 Å². The highest BCUT2D eigenvalue weighted by atomic mass is 32.2. The lowest BCUT2D eigenvalue weighted by Crippen LogP contribution is -2.34. The van der Waals surface area contributed by atoms with E-state index in [9.17, 15) is 17.6 Å². The van der Waals surface area contributed by atoms with E-state index < -0.39 is 21.7 Å². The molecular weight excluding hydrogens is 539 g/mol. The number of benzene rings is 3. The Balaban J connectivity index is 1.43. The smallest absolute Gasteiger partial charge is 0.280 e. The molecule has 0 aliphatic carbocycles. The van der Waals surface area contributed by atoms with E-state index in [1.54, 1.807) is 12.3 Å². The highest BCUT2D eigenvalue weighted by Gasteiger charge is 2.27. The number of ether oxygens (including phenoxy) is 1. The van der Waals surface area contributed by atoms with Crippen molar-refractivity contribution in [2.45, 2.75) is 30.8 Å². The Morgan fingerprint density at radius 3 is 2.59 bits per heavy atom. The average Bonchev–Trinajstić information content (AvgIpc) is 3.59. The summed E-state index contributed by atoms with van der Waals surface area (Å²) in [5, 5.41) is 5.83. The Labute approximate surface area is 230 Å². The standard InChI is InChI=1S/C28H27FN4O4S2/c1-19-5-7-20(8-6-19)17-30-33(28-31-25-14-11-22(29)16-26(25)38-28)27(34)21-9-12-24(13-10-21)39(35,36)32(2)18-23-4-3-15-37-23/h5-14,16-17,23H,3-4,15,18H2,1-2H3/b30-17+. The lowest BCUT2D eigenvalue weighted by molar-refractivity contribution is 0.0978. The molecule has 0 spiro atoms. The predicted octanol–water partition coefficient (Wildman–Crippen LogP) is 5.22. The number of amides is 1. The second-order valence-corrected chi connectivity index (χ2v) is 12.4. The van der Waals surface area contributed by atoms with Gasteiger partial charge < -0.3 is 4.74 Å². The minimum Gasteiger partial charge on any atom is -0.377 e. The molecule has 5 rings (SSSR count). The van der Waals surface area contributed by atoms with Crippen molar-refractivity contribution in [3.05, 3.63) is 89.2 Å². The van der Waals surface area contributed by atoms with Crippen molar-refractivity contribution in [2.24, 2.45) is 5.10 Å². The summed E-state index contributed by atoms with van der Waals surface area (Å²) in [4.78, 5) is 18.2. The van der Waals surface area contributed by atoms with Crippen LogP contribution in [0.5, 0.6) is 0 Å². The van der Waals surface area contributed by atoms with Crippen molar-refractivity contribution in [3.63, 3.8) is 0 Å². The first-order valence-electron chi connectivity index (χ1n) is 12.4. The number of fused-ring (bicyclic) bond motifs is 1. The van der Waals surface area contributed by atoms with Gasteiger partial charge in [0.15, 0.2) is 0 Å². The van der Waals surface area contributed by atoms with Gasteiger partial charge in [-0.25, -0.2) is 17.8 Å². The summed E-state index contributed by atoms with van der Waals surface area (Å²) in [7, 11) is -2.24. The minimum atomic E-state index is -3.76. The lowest BCUT2D eigenvalue weighted by Gasteiger charge is -2.20. The highest BCUT2D eigenvalue weighted by molar-refractivity contribution is 7.89. The number of carbonyl (C=O) groups excluding carboxylic acids is 1. The van der Waals surface area contributed by atoms with E-state index in [1.807, 2.05) is 31.2 Å². The van der Waals surface area contributed by atoms with Crippen molar-refractivity contribution in [2.75, 3.05) is 25.2 Å². The van der Waals surface area contributed by atoms with Crippen LogP contribution in [-0.2, 0) is 14.8 Å². The molecule has 1 atom stereocenters. The van der Waals surface area contributed by atoms with Crippen LogP contribution in [0.15, 0.2) is 76.7 Å². The number of aromatic nitrogens is 1. The molecule has 1 fully saturated rings. The Morgan fingerprint density at radius 1 is 1.15 bits per heavy atom. The fourth-order valence-corrected chi connectivity index (χ4v) is 6.34. The highest BCUT2D eigenvalue weighted by Crippen LogP contribution is 2.31. The number of hydrogen-bond donors (Lipinski definition) is 0. The van der Waals surface area contributed by atoms with Gasteiger partial charge in [-0.15, -0.1) is 0 Å². The van der Waals surface area contributed by atoms with Crippen molar-refractivity contribution >= 4 is 48.8 Å². The zero-order valence-electron chi connectivity index (χ0n) is 21.5. The van der Waals surface area contributed by atoms with E-state index in [1.165, 1.54) is 47.8 Å². The molecule has 1 aliphatic heterocycles. The maximum absolute atomic E-state index is 13.8. The lowest BCUT2D eigenvalue weighted by atomic mass is 10.2. The molecule has 1 aliphatic rings. The van der Waals surface area contributed by atoms with Gasteiger partial charge in [-0.2, -0.15) is 14.4 Å². The van der Waals surface area contributed by atoms with Gasteiger partial charge in [0.25, 0.3) is 5.91 Å². The topological polar surface area (TPSA) is 92.2 Å². The number of hydrogen-bond acceptors (Lipinski definition) is 7. The maximum Gasteiger partial charge on any atom is 0.280 e. The SMILES string of the molecule is Cc1ccc(/C=N/N(C(=O)c2ccc(S(=O)(=O)N(C)CC3CCCO3)cc2)c2nc3ccc(F)cc3s2)cc1. The molecule has 2 heterocycles. The average molecular weight is 567 g/mol. The number of rotatable bonds is 8. The monoisotopic (exact) mass is 566 g/mol. The predicted molar refractivity (Wildman–Crippen MR) is 150 cm³/mol. The minimum absolute atomic E-state index is 0.0738. The van der Waals surface area contributed by atoms with Crippen LogP contribution in [0.4, 0.5) is 9.52 Å². The third-order valence-electron chi connectivity index (χ3n) is 6.41. The van der Waals surface area contributed by atoms with Crippen LogP contribution in [0.3, 0.4) is 0 Å². The number of sulfonamides is 1. The molecule has 0 radical (unpaired) electrons. The Hall–Kier alpha value is -3.51. The third kappa shape index (κ3) is 6.06. The van der Waals surface area contributed by atoms with Gasteiger partial charge in [0.05, 0.1) is 27.4 Å². The number of nitrogens with zero attached hydrogens (tertiary/aromatic N) is 4. The summed E-state index contributed by atoms with van der Waals surface area (Å²) in [6.45, 7) is 2.88. The van der Waals surface area contributed by atoms with Crippen molar-refractivity contribution in [1.29, 1.82) is 0 Å². The van der Waals surface area contributed by atoms with Crippen LogP contribution in [-0.4, -0.2) is 56.1 Å². The largest absolute Gasteiger partial charge is 0.377 e. The zero-order chi connectivity index (χ0) is 27.6. The molecule has 0 bridgehead atoms. The van der Waals surface area contributed by atoms with E-state index in [-0.39, 0.29) is 28.2 Å². The van der Waals surface area contributed by atoms with Gasteiger partial charge in [-0.3, -0.25) is 4.79 Å². The molecule has 8 nitrogen and oxygen atoms in total. The molecule has 1 aromatic heterocycles. The summed E-state index contributed by atoms with van der Waals surface area (Å²) in [6.07, 6.45) is 3.17. The molecule has 3 aromatic carbocycles. The molecule has 1 saturated heterocycles. The van der Waals surface area contributed by atoms with Crippen LogP contribution >= 0.6 is 11.3 Å². The van der Waals surface area contributed by atoms with E-state index >= 15 is 0 Å². The van der Waals surface area contributed by atoms with Crippen LogP contribution in [0.1, 0.15) is 34.3 Å². The third-order valence-corrected chi connectivity index (χ3v) is 9.24. The molecule has 11 heteroatoms. The summed E-state index contributed by atoms with van der Waals surface area (Å²) >= 11 is 1.13. The second-order valence-electron chi connectivity index (χ2n) is 9.33. The number of carbonyl (C=O) groups is 1. The summed E-state index contributed by atoms with van der Waals surface area (Å²) in [6, 6.07) is 17.6. The number of aryl methyl sites for hydroxylation is 1. The molecule has 0 saturated carbocycles. The summed E-state index contributed by atoms with van der Waals surface area (Å²) in [5.41, 5.74) is 2.63. The number of hydrazone groups is 1. The number of thiazole rings is 1. The number of anilines is 1. The van der Waals surface area contributed by atoms with Gasteiger partial charge >= 0.3 is 0 Å². The van der Waals surface area contributed by atoms with Crippen LogP contribution < -0.4 is 5.01 Å². The van der Waals surface area contributed by atoms with Gasteiger partial charge in [0.1, 0.15) is 5.82 Å². The first-order valence-corrected chi connectivity index (χ1v) is 14.7. The second kappa shape index (κ2) is 11.3. The number of likely N-dealkylation sites (N-methyl/N-ethyl adjacent to an activating group) is 1. The maximum atomic E-state index is 13.8. The normalized spacial score (nSPS) is 15.9. The Bertz CT molecular complexity index is 1610. The van der Waals surface area contributed by atoms with Gasteiger partial charge in [0, 0.05) is 25.8 Å². The van der Waals surface area contributed by atoms with E-state index in [2.05, 4.69) is 10.1 Å². The zero-order valence-corrected chi connectivity index (χ0v) is 23.1. The molecule has 1 amide bonds. The molecule has 202 valence electrons. The quantitative estimate of drug-likeness (QED) is 0.215.